The van der Waals surface area contributed by atoms with Crippen molar-refractivity contribution in [3.05, 3.63) is 70.0 Å². The van der Waals surface area contributed by atoms with Crippen molar-refractivity contribution in [2.75, 3.05) is 0 Å². The number of aliphatic imine (C=N–C) groups is 1. The van der Waals surface area contributed by atoms with E-state index in [1.165, 1.54) is 24.4 Å². The molecule has 3 aromatic rings. The Morgan fingerprint density at radius 2 is 1.54 bits per heavy atom. The minimum atomic E-state index is -4.69. The van der Waals surface area contributed by atoms with Gasteiger partial charge in [0.05, 0.1) is 22.4 Å². The highest BCUT2D eigenvalue weighted by Gasteiger charge is 2.34. The largest absolute Gasteiger partial charge is 0.494 e. The maximum atomic E-state index is 13.5. The number of nitrogens with zero attached hydrogens (tertiary/aromatic N) is 2. The van der Waals surface area contributed by atoms with Crippen LogP contribution in [-0.4, -0.2) is 21.4 Å². The molecule has 28 heavy (non-hydrogen) atoms. The fraction of sp³-hybridized carbons (Fsp3) is 0.238. The molecule has 0 saturated heterocycles. The lowest BCUT2D eigenvalue weighted by molar-refractivity contribution is -0.137. The lowest BCUT2D eigenvalue weighted by Crippen LogP contribution is -2.23. The molecule has 1 heterocycles. The van der Waals surface area contributed by atoms with Gasteiger partial charge in [0.2, 0.25) is 5.88 Å². The molecule has 7 heteroatoms. The van der Waals surface area contributed by atoms with Crippen molar-refractivity contribution >= 4 is 17.0 Å². The molecule has 1 aromatic heterocycles. The van der Waals surface area contributed by atoms with Gasteiger partial charge < -0.3 is 5.11 Å². The van der Waals surface area contributed by atoms with Crippen molar-refractivity contribution in [2.24, 2.45) is 4.99 Å². The molecule has 146 valence electrons. The van der Waals surface area contributed by atoms with Gasteiger partial charge in [-0.25, -0.2) is 4.57 Å². The number of fused-ring (bicyclic) bond motifs is 1. The second-order valence-corrected chi connectivity index (χ2v) is 7.37. The lowest BCUT2D eigenvalue weighted by atomic mass is 10.1. The molecule has 0 atom stereocenters. The number of aromatic hydroxyl groups is 1. The van der Waals surface area contributed by atoms with E-state index in [-0.39, 0.29) is 10.9 Å². The Labute approximate surface area is 159 Å². The van der Waals surface area contributed by atoms with Crippen LogP contribution in [0.2, 0.25) is 0 Å². The first-order chi connectivity index (χ1) is 13.0. The summed E-state index contributed by atoms with van der Waals surface area (Å²) in [7, 11) is 0. The molecular weight excluding hydrogens is 369 g/mol. The Morgan fingerprint density at radius 1 is 0.964 bits per heavy atom. The van der Waals surface area contributed by atoms with Crippen LogP contribution in [0.4, 0.5) is 13.2 Å². The number of halogens is 3. The van der Waals surface area contributed by atoms with Crippen LogP contribution in [0.25, 0.3) is 16.5 Å². The Kier molecular flexibility index (Phi) is 4.79. The predicted octanol–water partition coefficient (Wildman–Crippen LogP) is 4.93. The van der Waals surface area contributed by atoms with Gasteiger partial charge in [0.15, 0.2) is 0 Å². The highest BCUT2D eigenvalue weighted by Crippen LogP contribution is 2.35. The van der Waals surface area contributed by atoms with E-state index in [9.17, 15) is 23.1 Å². The first-order valence-corrected chi connectivity index (χ1v) is 8.59. The lowest BCUT2D eigenvalue weighted by Gasteiger charge is -2.18. The highest BCUT2D eigenvalue weighted by molar-refractivity contribution is 6.01. The van der Waals surface area contributed by atoms with Crippen molar-refractivity contribution in [3.8, 4) is 11.6 Å². The van der Waals surface area contributed by atoms with Gasteiger partial charge in [-0.1, -0.05) is 30.3 Å². The second-order valence-electron chi connectivity index (χ2n) is 7.37. The van der Waals surface area contributed by atoms with E-state index in [4.69, 9.17) is 0 Å². The molecule has 0 aliphatic rings. The van der Waals surface area contributed by atoms with Crippen molar-refractivity contribution < 1.29 is 18.3 Å². The third kappa shape index (κ3) is 3.65. The molecule has 3 rings (SSSR count). The summed E-state index contributed by atoms with van der Waals surface area (Å²) in [5, 5.41) is 11.4. The fourth-order valence-electron chi connectivity index (χ4n) is 2.88. The van der Waals surface area contributed by atoms with E-state index in [1.807, 2.05) is 20.8 Å². The van der Waals surface area contributed by atoms with Crippen LogP contribution in [0.3, 0.4) is 0 Å². The number of hydrogen-bond acceptors (Lipinski definition) is 3. The summed E-state index contributed by atoms with van der Waals surface area (Å²) in [4.78, 5) is 17.3. The molecule has 0 unspecified atom stereocenters. The number of benzene rings is 2. The monoisotopic (exact) mass is 388 g/mol. The quantitative estimate of drug-likeness (QED) is 0.633. The minimum absolute atomic E-state index is 0.183. The number of para-hydroxylation sites is 1. The zero-order valence-electron chi connectivity index (χ0n) is 15.6. The molecule has 4 nitrogen and oxygen atoms in total. The Morgan fingerprint density at radius 3 is 2.14 bits per heavy atom. The third-order valence-corrected chi connectivity index (χ3v) is 4.13. The summed E-state index contributed by atoms with van der Waals surface area (Å²) in [6.45, 7) is 5.53. The fourth-order valence-corrected chi connectivity index (χ4v) is 2.88. The van der Waals surface area contributed by atoms with Crippen molar-refractivity contribution in [1.82, 2.24) is 4.57 Å². The maximum absolute atomic E-state index is 13.5. The first kappa shape index (κ1) is 19.7. The van der Waals surface area contributed by atoms with Gasteiger partial charge in [-0.15, -0.1) is 0 Å². The highest BCUT2D eigenvalue weighted by atomic mass is 19.4. The van der Waals surface area contributed by atoms with Crippen LogP contribution in [-0.2, 0) is 6.18 Å². The van der Waals surface area contributed by atoms with E-state index in [2.05, 4.69) is 4.99 Å². The topological polar surface area (TPSA) is 54.6 Å². The third-order valence-electron chi connectivity index (χ3n) is 4.13. The molecule has 0 aliphatic carbocycles. The van der Waals surface area contributed by atoms with Crippen LogP contribution < -0.4 is 5.56 Å². The standard InChI is InChI=1S/C21H19F3N2O2/c1-20(2,3)25-12-15-13-8-4-5-9-14(13)18(27)26(19(15)28)17-11-7-6-10-16(17)21(22,23)24/h4-12,28H,1-3H3. The normalized spacial score (nSPS) is 12.8. The van der Waals surface area contributed by atoms with Crippen molar-refractivity contribution in [1.29, 1.82) is 0 Å². The van der Waals surface area contributed by atoms with E-state index in [1.54, 1.807) is 18.2 Å². The molecule has 0 radical (unpaired) electrons. The number of alkyl halides is 3. The molecule has 0 saturated carbocycles. The van der Waals surface area contributed by atoms with Crippen LogP contribution in [0.15, 0.2) is 58.3 Å². The van der Waals surface area contributed by atoms with E-state index in [0.29, 0.717) is 9.95 Å². The molecule has 0 bridgehead atoms. The van der Waals surface area contributed by atoms with Gasteiger partial charge in [0.1, 0.15) is 0 Å². The number of aromatic nitrogens is 1. The molecule has 2 aromatic carbocycles. The smallest absolute Gasteiger partial charge is 0.418 e. The zero-order chi connectivity index (χ0) is 20.7. The van der Waals surface area contributed by atoms with Crippen LogP contribution in [0, 0.1) is 0 Å². The molecule has 0 amide bonds. The van der Waals surface area contributed by atoms with E-state index >= 15 is 0 Å². The van der Waals surface area contributed by atoms with Gasteiger partial charge in [-0.05, 0) is 39.0 Å². The molecule has 0 spiro atoms. The van der Waals surface area contributed by atoms with Gasteiger partial charge >= 0.3 is 6.18 Å². The summed E-state index contributed by atoms with van der Waals surface area (Å²) >= 11 is 0. The van der Waals surface area contributed by atoms with Gasteiger partial charge in [-0.3, -0.25) is 9.79 Å². The molecule has 0 aliphatic heterocycles. The predicted molar refractivity (Wildman–Crippen MR) is 104 cm³/mol. The number of pyridine rings is 1. The number of hydrogen-bond donors (Lipinski definition) is 1. The van der Waals surface area contributed by atoms with Crippen LogP contribution in [0.1, 0.15) is 31.9 Å². The Bertz CT molecular complexity index is 1120. The van der Waals surface area contributed by atoms with Crippen molar-refractivity contribution in [3.63, 3.8) is 0 Å². The second kappa shape index (κ2) is 6.82. The Balaban J connectivity index is 2.44. The summed E-state index contributed by atoms with van der Waals surface area (Å²) in [5.41, 5.74) is -2.48. The maximum Gasteiger partial charge on any atom is 0.418 e. The molecule has 1 N–H and O–H groups in total. The summed E-state index contributed by atoms with van der Waals surface area (Å²) in [5.74, 6) is -0.589. The zero-order valence-corrected chi connectivity index (χ0v) is 15.6. The molecule has 0 fully saturated rings. The SMILES string of the molecule is CC(C)(C)N=Cc1c(O)n(-c2ccccc2C(F)(F)F)c(=O)c2ccccc12. The average Bonchev–Trinajstić information content (AvgIpc) is 2.60. The van der Waals surface area contributed by atoms with Crippen molar-refractivity contribution in [2.45, 2.75) is 32.5 Å². The van der Waals surface area contributed by atoms with Crippen LogP contribution in [0.5, 0.6) is 5.88 Å². The number of rotatable bonds is 2. The van der Waals surface area contributed by atoms with E-state index in [0.717, 1.165) is 12.1 Å². The summed E-state index contributed by atoms with van der Waals surface area (Å²) in [6.07, 6.45) is -3.29. The Hall–Kier alpha value is -3.09. The van der Waals surface area contributed by atoms with Gasteiger partial charge in [-0.2, -0.15) is 13.2 Å². The van der Waals surface area contributed by atoms with Gasteiger partial charge in [0.25, 0.3) is 5.56 Å². The first-order valence-electron chi connectivity index (χ1n) is 8.59. The summed E-state index contributed by atoms with van der Waals surface area (Å²) < 4.78 is 41.2. The minimum Gasteiger partial charge on any atom is -0.494 e. The van der Waals surface area contributed by atoms with E-state index < -0.39 is 34.4 Å². The molecular formula is C21H19F3N2O2. The van der Waals surface area contributed by atoms with Gasteiger partial charge in [0, 0.05) is 17.0 Å². The summed E-state index contributed by atoms with van der Waals surface area (Å²) in [6, 6.07) is 11.1. The average molecular weight is 388 g/mol. The van der Waals surface area contributed by atoms with Crippen LogP contribution >= 0.6 is 0 Å².